The van der Waals surface area contributed by atoms with Gasteiger partial charge in [-0.2, -0.15) is 10.2 Å². The molecule has 0 saturated heterocycles. The number of imidazole rings is 1. The second kappa shape index (κ2) is 8.12. The van der Waals surface area contributed by atoms with Crippen molar-refractivity contribution in [2.75, 3.05) is 6.61 Å². The third kappa shape index (κ3) is 3.64. The van der Waals surface area contributed by atoms with Gasteiger partial charge in [-0.1, -0.05) is 6.07 Å². The number of aryl methyl sites for hydroxylation is 1. The smallest absolute Gasteiger partial charge is 0.245 e. The molecule has 0 saturated carbocycles. The zero-order chi connectivity index (χ0) is 24.0. The van der Waals surface area contributed by atoms with Gasteiger partial charge in [-0.15, -0.1) is 0 Å². The van der Waals surface area contributed by atoms with Crippen LogP contribution in [0.15, 0.2) is 42.9 Å². The van der Waals surface area contributed by atoms with E-state index in [9.17, 15) is 4.79 Å². The van der Waals surface area contributed by atoms with Crippen molar-refractivity contribution in [3.63, 3.8) is 0 Å². The van der Waals surface area contributed by atoms with Crippen molar-refractivity contribution >= 4 is 5.91 Å². The minimum atomic E-state index is -0.993. The molecular weight excluding hydrogens is 432 g/mol. The van der Waals surface area contributed by atoms with Crippen LogP contribution < -0.4 is 10.5 Å². The van der Waals surface area contributed by atoms with E-state index < -0.39 is 11.4 Å². The van der Waals surface area contributed by atoms with Gasteiger partial charge in [0.2, 0.25) is 5.91 Å². The first-order valence-electron chi connectivity index (χ1n) is 11.3. The molecule has 1 amide bonds. The maximum absolute atomic E-state index is 12.3. The van der Waals surface area contributed by atoms with Gasteiger partial charge in [-0.25, -0.2) is 14.6 Å². The highest BCUT2D eigenvalue weighted by molar-refractivity contribution is 5.82. The average molecular weight is 461 g/mol. The molecule has 1 aromatic carbocycles. The van der Waals surface area contributed by atoms with Gasteiger partial charge in [-0.05, 0) is 51.5 Å². The molecule has 10 nitrogen and oxygen atoms in total. The first-order chi connectivity index (χ1) is 16.3. The van der Waals surface area contributed by atoms with Gasteiger partial charge in [0.15, 0.2) is 5.82 Å². The van der Waals surface area contributed by atoms with E-state index in [0.29, 0.717) is 19.6 Å². The molecule has 176 valence electrons. The summed E-state index contributed by atoms with van der Waals surface area (Å²) in [5.74, 6) is 2.56. The van der Waals surface area contributed by atoms with E-state index in [4.69, 9.17) is 15.5 Å². The number of hydrogen-bond donors (Lipinski definition) is 1. The summed E-state index contributed by atoms with van der Waals surface area (Å²) in [6.45, 7) is 8.99. The van der Waals surface area contributed by atoms with E-state index in [-0.39, 0.29) is 6.04 Å². The molecule has 1 atom stereocenters. The molecule has 0 bridgehead atoms. The summed E-state index contributed by atoms with van der Waals surface area (Å²) in [5.41, 5.74) is 7.37. The van der Waals surface area contributed by atoms with Crippen molar-refractivity contribution < 1.29 is 9.53 Å². The Morgan fingerprint density at radius 3 is 2.79 bits per heavy atom. The molecule has 0 aliphatic carbocycles. The Balaban J connectivity index is 1.52. The van der Waals surface area contributed by atoms with E-state index in [2.05, 4.69) is 33.6 Å². The minimum Gasteiger partial charge on any atom is -0.491 e. The monoisotopic (exact) mass is 460 g/mol. The zero-order valence-electron chi connectivity index (χ0n) is 19.8. The molecule has 10 heteroatoms. The van der Waals surface area contributed by atoms with Gasteiger partial charge in [0.1, 0.15) is 35.2 Å². The van der Waals surface area contributed by atoms with E-state index >= 15 is 0 Å². The number of carbonyl (C=O) groups is 1. The Hall–Kier alpha value is -3.95. The molecule has 3 aromatic heterocycles. The summed E-state index contributed by atoms with van der Waals surface area (Å²) >= 11 is 0. The number of aromatic nitrogens is 7. The molecule has 0 spiro atoms. The summed E-state index contributed by atoms with van der Waals surface area (Å²) in [6.07, 6.45) is 5.78. The molecule has 0 fully saturated rings. The Morgan fingerprint density at radius 1 is 1.26 bits per heavy atom. The van der Waals surface area contributed by atoms with Crippen LogP contribution in [-0.4, -0.2) is 46.6 Å². The van der Waals surface area contributed by atoms with Crippen molar-refractivity contribution in [1.82, 2.24) is 34.1 Å². The van der Waals surface area contributed by atoms with Crippen molar-refractivity contribution in [3.8, 4) is 28.7 Å². The Bertz CT molecular complexity index is 1350. The van der Waals surface area contributed by atoms with Crippen molar-refractivity contribution in [2.24, 2.45) is 5.73 Å². The second-order valence-electron chi connectivity index (χ2n) is 9.11. The standard InChI is InChI=1S/C24H28N8O2/c1-15(2)32-22(27-16(3)29-32)19-14-30-10-11-34-20-12-17(6-7-18(20)21(30)28-19)13-24(4,23(25)33)31-9-5-8-26-31/h5-9,12,14-15H,10-11,13H2,1-4H3,(H2,25,33). The number of hydrogen-bond acceptors (Lipinski definition) is 6. The molecular formula is C24H28N8O2. The van der Waals surface area contributed by atoms with E-state index in [1.165, 1.54) is 0 Å². The van der Waals surface area contributed by atoms with Gasteiger partial charge in [-0.3, -0.25) is 9.48 Å². The quantitative estimate of drug-likeness (QED) is 0.473. The zero-order valence-corrected chi connectivity index (χ0v) is 19.8. The Labute approximate surface area is 197 Å². The molecule has 5 rings (SSSR count). The minimum absolute atomic E-state index is 0.172. The maximum atomic E-state index is 12.3. The van der Waals surface area contributed by atoms with Gasteiger partial charge in [0.25, 0.3) is 0 Å². The number of nitrogens with two attached hydrogens (primary N) is 1. The fourth-order valence-corrected chi connectivity index (χ4v) is 4.35. The van der Waals surface area contributed by atoms with E-state index in [1.54, 1.807) is 30.1 Å². The van der Waals surface area contributed by atoms with Crippen LogP contribution in [0.4, 0.5) is 0 Å². The summed E-state index contributed by atoms with van der Waals surface area (Å²) < 4.78 is 11.7. The molecule has 34 heavy (non-hydrogen) atoms. The number of amides is 1. The third-order valence-corrected chi connectivity index (χ3v) is 6.20. The molecule has 4 heterocycles. The number of carbonyl (C=O) groups excluding carboxylic acids is 1. The fraction of sp³-hybridized carbons (Fsp3) is 0.375. The summed E-state index contributed by atoms with van der Waals surface area (Å²) in [5, 5.41) is 8.77. The number of rotatable bonds is 6. The Morgan fingerprint density at radius 2 is 2.09 bits per heavy atom. The van der Waals surface area contributed by atoms with Crippen LogP contribution in [0.5, 0.6) is 5.75 Å². The van der Waals surface area contributed by atoms with Gasteiger partial charge in [0.05, 0.1) is 12.1 Å². The molecule has 1 aliphatic rings. The van der Waals surface area contributed by atoms with Crippen LogP contribution in [-0.2, 0) is 23.3 Å². The van der Waals surface area contributed by atoms with Crippen LogP contribution >= 0.6 is 0 Å². The molecule has 0 radical (unpaired) electrons. The number of ether oxygens (including phenoxy) is 1. The lowest BCUT2D eigenvalue weighted by atomic mass is 9.91. The highest BCUT2D eigenvalue weighted by Gasteiger charge is 2.34. The van der Waals surface area contributed by atoms with Crippen LogP contribution in [0.2, 0.25) is 0 Å². The highest BCUT2D eigenvalue weighted by Crippen LogP contribution is 2.36. The summed E-state index contributed by atoms with van der Waals surface area (Å²) in [4.78, 5) is 21.9. The van der Waals surface area contributed by atoms with Gasteiger partial charge < -0.3 is 15.0 Å². The number of nitrogens with zero attached hydrogens (tertiary/aromatic N) is 7. The largest absolute Gasteiger partial charge is 0.491 e. The topological polar surface area (TPSA) is 119 Å². The van der Waals surface area contributed by atoms with Crippen LogP contribution in [0.1, 0.15) is 38.2 Å². The van der Waals surface area contributed by atoms with Crippen molar-refractivity contribution in [2.45, 2.75) is 52.2 Å². The predicted octanol–water partition coefficient (Wildman–Crippen LogP) is 2.73. The molecule has 4 aromatic rings. The van der Waals surface area contributed by atoms with Gasteiger partial charge >= 0.3 is 0 Å². The molecule has 2 N–H and O–H groups in total. The fourth-order valence-electron chi connectivity index (χ4n) is 4.35. The number of fused-ring (bicyclic) bond motifs is 3. The van der Waals surface area contributed by atoms with Crippen LogP contribution in [0.25, 0.3) is 22.9 Å². The lowest BCUT2D eigenvalue weighted by Crippen LogP contribution is -2.46. The molecule has 1 unspecified atom stereocenters. The van der Waals surface area contributed by atoms with Gasteiger partial charge in [0, 0.05) is 31.1 Å². The first-order valence-corrected chi connectivity index (χ1v) is 11.3. The first kappa shape index (κ1) is 21.9. The average Bonchev–Trinajstić information content (AvgIpc) is 3.52. The summed E-state index contributed by atoms with van der Waals surface area (Å²) in [7, 11) is 0. The predicted molar refractivity (Wildman–Crippen MR) is 126 cm³/mol. The van der Waals surface area contributed by atoms with Crippen molar-refractivity contribution in [1.29, 1.82) is 0 Å². The maximum Gasteiger partial charge on any atom is 0.245 e. The number of primary amides is 1. The van der Waals surface area contributed by atoms with E-state index in [1.807, 2.05) is 36.0 Å². The molecule has 1 aliphatic heterocycles. The lowest BCUT2D eigenvalue weighted by Gasteiger charge is -2.27. The van der Waals surface area contributed by atoms with E-state index in [0.717, 1.165) is 40.0 Å². The SMILES string of the molecule is Cc1nc(-c2cn3c(n2)-c2ccc(CC(C)(C(N)=O)n4cccn4)cc2OCC3)n(C(C)C)n1. The lowest BCUT2D eigenvalue weighted by molar-refractivity contribution is -0.126. The van der Waals surface area contributed by atoms with Crippen molar-refractivity contribution in [3.05, 3.63) is 54.2 Å². The third-order valence-electron chi connectivity index (χ3n) is 6.20. The Kier molecular flexibility index (Phi) is 5.22. The van der Waals surface area contributed by atoms with Crippen LogP contribution in [0.3, 0.4) is 0 Å². The normalized spacial score (nSPS) is 14.7. The summed E-state index contributed by atoms with van der Waals surface area (Å²) in [6, 6.07) is 7.88. The second-order valence-corrected chi connectivity index (χ2v) is 9.11. The van der Waals surface area contributed by atoms with Crippen LogP contribution in [0, 0.1) is 6.92 Å². The highest BCUT2D eigenvalue weighted by atomic mass is 16.5. The number of benzene rings is 1.